The standard InChI is InChI=1S/C12H11N2.3C4H9.Sn/c13-11-6-5-9(8-3-4-8)12-10(11)2-1-7-14-12;3*1-3-4-2;/h1-2,5,7-8H,3-4,13H2;3*1,3-4H2,2H3;. The van der Waals surface area contributed by atoms with Crippen LogP contribution in [0.25, 0.3) is 10.9 Å². The van der Waals surface area contributed by atoms with Gasteiger partial charge >= 0.3 is 171 Å². The summed E-state index contributed by atoms with van der Waals surface area (Å²) in [5.41, 5.74) is 10.7. The Labute approximate surface area is 170 Å². The Hall–Kier alpha value is -0.771. The summed E-state index contributed by atoms with van der Waals surface area (Å²) < 4.78 is 6.09. The van der Waals surface area contributed by atoms with Crippen LogP contribution in [0.4, 0.5) is 5.69 Å². The molecule has 148 valence electrons. The van der Waals surface area contributed by atoms with Gasteiger partial charge in [0.2, 0.25) is 0 Å². The Balaban J connectivity index is 2.16. The molecule has 3 rings (SSSR count). The van der Waals surface area contributed by atoms with Crippen LogP contribution >= 0.6 is 0 Å². The third-order valence-corrected chi connectivity index (χ3v) is 22.2. The number of nitrogens with zero attached hydrogens (tertiary/aromatic N) is 1. The van der Waals surface area contributed by atoms with Crippen LogP contribution in [0.5, 0.6) is 0 Å². The van der Waals surface area contributed by atoms with E-state index in [1.807, 2.05) is 6.20 Å². The number of anilines is 1. The van der Waals surface area contributed by atoms with Gasteiger partial charge in [-0.2, -0.15) is 0 Å². The van der Waals surface area contributed by atoms with Gasteiger partial charge in [-0.05, 0) is 0 Å². The van der Waals surface area contributed by atoms with Crippen molar-refractivity contribution < 1.29 is 0 Å². The molecule has 0 saturated heterocycles. The van der Waals surface area contributed by atoms with Crippen molar-refractivity contribution in [1.29, 1.82) is 0 Å². The van der Waals surface area contributed by atoms with E-state index in [1.165, 1.54) is 81.1 Å². The summed E-state index contributed by atoms with van der Waals surface area (Å²) >= 11 is -2.54. The minimum atomic E-state index is -2.54. The van der Waals surface area contributed by atoms with Crippen molar-refractivity contribution in [2.75, 3.05) is 5.73 Å². The minimum absolute atomic E-state index is 0.731. The van der Waals surface area contributed by atoms with E-state index in [0.29, 0.717) is 0 Å². The molecule has 0 radical (unpaired) electrons. The van der Waals surface area contributed by atoms with Gasteiger partial charge in [-0.3, -0.25) is 0 Å². The van der Waals surface area contributed by atoms with Crippen LogP contribution < -0.4 is 9.31 Å². The van der Waals surface area contributed by atoms with Crippen LogP contribution in [0.15, 0.2) is 24.4 Å². The molecule has 1 aromatic carbocycles. The fourth-order valence-electron chi connectivity index (χ4n) is 4.77. The zero-order valence-electron chi connectivity index (χ0n) is 17.7. The molecule has 2 aromatic rings. The monoisotopic (exact) mass is 474 g/mol. The fourth-order valence-corrected chi connectivity index (χ4v) is 21.4. The third kappa shape index (κ3) is 4.63. The topological polar surface area (TPSA) is 38.9 Å². The molecule has 0 spiro atoms. The molecular weight excluding hydrogens is 435 g/mol. The van der Waals surface area contributed by atoms with E-state index in [2.05, 4.69) is 39.0 Å². The summed E-state index contributed by atoms with van der Waals surface area (Å²) in [6, 6.07) is 6.88. The molecule has 1 aliphatic rings. The SMILES string of the molecule is CCC[CH2][Sn]([CH2]CCC)([CH2]CCC)[c]1cc(C2CC2)c2ncccc2c1N. The Morgan fingerprint density at radius 2 is 1.59 bits per heavy atom. The van der Waals surface area contributed by atoms with Crippen LogP contribution in [0, 0.1) is 0 Å². The molecule has 0 atom stereocenters. The van der Waals surface area contributed by atoms with E-state index < -0.39 is 18.4 Å². The number of benzene rings is 1. The molecule has 0 amide bonds. The summed E-state index contributed by atoms with van der Waals surface area (Å²) in [6.07, 6.45) is 12.7. The Kier molecular flexibility index (Phi) is 7.47. The van der Waals surface area contributed by atoms with Crippen molar-refractivity contribution in [1.82, 2.24) is 4.98 Å². The molecule has 3 heteroatoms. The first-order chi connectivity index (χ1) is 13.2. The number of hydrogen-bond acceptors (Lipinski definition) is 2. The van der Waals surface area contributed by atoms with E-state index in [1.54, 1.807) is 3.58 Å². The maximum absolute atomic E-state index is 6.92. The third-order valence-electron chi connectivity index (χ3n) is 6.58. The molecule has 0 unspecified atom stereocenters. The summed E-state index contributed by atoms with van der Waals surface area (Å²) in [5.74, 6) is 0.731. The van der Waals surface area contributed by atoms with Gasteiger partial charge < -0.3 is 0 Å². The van der Waals surface area contributed by atoms with Gasteiger partial charge in [0, 0.05) is 0 Å². The van der Waals surface area contributed by atoms with Crippen LogP contribution in [0.1, 0.15) is 83.6 Å². The first kappa shape index (κ1) is 21.0. The Morgan fingerprint density at radius 1 is 1.00 bits per heavy atom. The van der Waals surface area contributed by atoms with Crippen molar-refractivity contribution in [3.63, 3.8) is 0 Å². The van der Waals surface area contributed by atoms with Crippen molar-refractivity contribution in [3.05, 3.63) is 30.0 Å². The van der Waals surface area contributed by atoms with Crippen molar-refractivity contribution in [2.24, 2.45) is 0 Å². The molecule has 1 saturated carbocycles. The maximum atomic E-state index is 6.92. The predicted molar refractivity (Wildman–Crippen MR) is 123 cm³/mol. The van der Waals surface area contributed by atoms with Gasteiger partial charge in [0.05, 0.1) is 0 Å². The van der Waals surface area contributed by atoms with E-state index in [0.717, 1.165) is 11.6 Å². The van der Waals surface area contributed by atoms with Crippen molar-refractivity contribution >= 4 is 38.5 Å². The first-order valence-electron chi connectivity index (χ1n) is 11.3. The van der Waals surface area contributed by atoms with E-state index in [-0.39, 0.29) is 0 Å². The zero-order valence-corrected chi connectivity index (χ0v) is 20.5. The predicted octanol–water partition coefficient (Wildman–Crippen LogP) is 6.75. The quantitative estimate of drug-likeness (QED) is 0.290. The fraction of sp³-hybridized carbons (Fsp3) is 0.625. The molecule has 1 heterocycles. The number of nitrogen functional groups attached to an aromatic ring is 1. The van der Waals surface area contributed by atoms with Gasteiger partial charge in [-0.1, -0.05) is 0 Å². The number of hydrogen-bond donors (Lipinski definition) is 1. The zero-order chi connectivity index (χ0) is 19.3. The first-order valence-corrected chi connectivity index (χ1v) is 18.8. The summed E-state index contributed by atoms with van der Waals surface area (Å²) in [6.45, 7) is 7.04. The average molecular weight is 473 g/mol. The number of pyridine rings is 1. The molecule has 2 nitrogen and oxygen atoms in total. The van der Waals surface area contributed by atoms with Crippen LogP contribution in [0.2, 0.25) is 13.3 Å². The Morgan fingerprint density at radius 3 is 2.11 bits per heavy atom. The van der Waals surface area contributed by atoms with Gasteiger partial charge in [0.15, 0.2) is 0 Å². The van der Waals surface area contributed by atoms with E-state index >= 15 is 0 Å². The van der Waals surface area contributed by atoms with Gasteiger partial charge in [-0.25, -0.2) is 0 Å². The molecule has 27 heavy (non-hydrogen) atoms. The van der Waals surface area contributed by atoms with Crippen molar-refractivity contribution in [2.45, 2.75) is 91.4 Å². The summed E-state index contributed by atoms with van der Waals surface area (Å²) in [7, 11) is 0. The summed E-state index contributed by atoms with van der Waals surface area (Å²) in [5, 5.41) is 1.24. The molecule has 0 aliphatic heterocycles. The van der Waals surface area contributed by atoms with Gasteiger partial charge in [0.25, 0.3) is 0 Å². The van der Waals surface area contributed by atoms with Crippen LogP contribution in [-0.2, 0) is 0 Å². The molecule has 2 N–H and O–H groups in total. The number of unbranched alkanes of at least 4 members (excludes halogenated alkanes) is 3. The molecule has 1 fully saturated rings. The van der Waals surface area contributed by atoms with Gasteiger partial charge in [-0.15, -0.1) is 0 Å². The Bertz CT molecular complexity index is 730. The second-order valence-electron chi connectivity index (χ2n) is 8.69. The number of aromatic nitrogens is 1. The van der Waals surface area contributed by atoms with Crippen LogP contribution in [0.3, 0.4) is 0 Å². The van der Waals surface area contributed by atoms with E-state index in [4.69, 9.17) is 10.7 Å². The average Bonchev–Trinajstić information content (AvgIpc) is 3.54. The second-order valence-corrected chi connectivity index (χ2v) is 21.8. The number of rotatable bonds is 11. The van der Waals surface area contributed by atoms with Gasteiger partial charge in [0.1, 0.15) is 0 Å². The van der Waals surface area contributed by atoms with E-state index in [9.17, 15) is 0 Å². The number of nitrogens with two attached hydrogens (primary N) is 1. The second kappa shape index (κ2) is 9.62. The molecular formula is C24H38N2Sn. The van der Waals surface area contributed by atoms with Crippen molar-refractivity contribution in [3.8, 4) is 0 Å². The van der Waals surface area contributed by atoms with Crippen LogP contribution in [-0.4, -0.2) is 23.4 Å². The molecule has 1 aliphatic carbocycles. The molecule has 0 bridgehead atoms. The normalized spacial score (nSPS) is 14.8. The molecule has 1 aromatic heterocycles. The number of fused-ring (bicyclic) bond motifs is 1. The summed E-state index contributed by atoms with van der Waals surface area (Å²) in [4.78, 5) is 4.76.